The van der Waals surface area contributed by atoms with Crippen molar-refractivity contribution in [1.82, 2.24) is 5.32 Å². The van der Waals surface area contributed by atoms with Crippen LogP contribution in [0.3, 0.4) is 0 Å². The summed E-state index contributed by atoms with van der Waals surface area (Å²) in [7, 11) is 0. The summed E-state index contributed by atoms with van der Waals surface area (Å²) >= 11 is 3.49. The lowest BCUT2D eigenvalue weighted by Gasteiger charge is -2.16. The molecule has 2 rings (SSSR count). The Morgan fingerprint density at radius 3 is 2.40 bits per heavy atom. The summed E-state index contributed by atoms with van der Waals surface area (Å²) in [4.78, 5) is 0. The van der Waals surface area contributed by atoms with E-state index in [9.17, 15) is 8.78 Å². The maximum Gasteiger partial charge on any atom is 0.130 e. The van der Waals surface area contributed by atoms with Gasteiger partial charge in [0.15, 0.2) is 0 Å². The topological polar surface area (TPSA) is 12.0 Å². The fourth-order valence-electron chi connectivity index (χ4n) is 2.09. The fourth-order valence-corrected chi connectivity index (χ4v) is 2.72. The molecule has 20 heavy (non-hydrogen) atoms. The van der Waals surface area contributed by atoms with E-state index in [0.29, 0.717) is 6.54 Å². The molecule has 0 fully saturated rings. The van der Waals surface area contributed by atoms with Gasteiger partial charge in [0.05, 0.1) is 0 Å². The number of aryl methyl sites for hydroxylation is 1. The molecule has 2 aromatic rings. The first-order valence-electron chi connectivity index (χ1n) is 6.41. The number of hydrogen-bond acceptors (Lipinski definition) is 1. The molecule has 0 heterocycles. The van der Waals surface area contributed by atoms with Gasteiger partial charge in [-0.25, -0.2) is 8.78 Å². The molecule has 0 radical (unpaired) electrons. The first-order valence-corrected chi connectivity index (χ1v) is 7.20. The Balaban J connectivity index is 2.11. The van der Waals surface area contributed by atoms with Crippen molar-refractivity contribution in [3.8, 4) is 0 Å². The van der Waals surface area contributed by atoms with Crippen LogP contribution in [-0.4, -0.2) is 0 Å². The van der Waals surface area contributed by atoms with Crippen molar-refractivity contribution in [1.29, 1.82) is 0 Å². The predicted molar refractivity (Wildman–Crippen MR) is 80.5 cm³/mol. The first-order chi connectivity index (χ1) is 9.49. The Hall–Kier alpha value is -1.26. The molecule has 0 aliphatic heterocycles. The molecule has 0 aliphatic carbocycles. The van der Waals surface area contributed by atoms with Gasteiger partial charge >= 0.3 is 0 Å². The largest absolute Gasteiger partial charge is 0.306 e. The van der Waals surface area contributed by atoms with Gasteiger partial charge in [-0.05, 0) is 43.2 Å². The van der Waals surface area contributed by atoms with Crippen LogP contribution in [0.1, 0.15) is 29.7 Å². The highest BCUT2D eigenvalue weighted by molar-refractivity contribution is 9.10. The zero-order valence-electron chi connectivity index (χ0n) is 11.4. The van der Waals surface area contributed by atoms with Crippen LogP contribution in [0, 0.1) is 18.6 Å². The van der Waals surface area contributed by atoms with E-state index in [1.807, 2.05) is 25.1 Å². The Morgan fingerprint density at radius 2 is 1.80 bits per heavy atom. The van der Waals surface area contributed by atoms with E-state index in [-0.39, 0.29) is 5.56 Å². The zero-order chi connectivity index (χ0) is 14.7. The van der Waals surface area contributed by atoms with Crippen molar-refractivity contribution in [2.24, 2.45) is 0 Å². The van der Waals surface area contributed by atoms with Crippen LogP contribution in [0.5, 0.6) is 0 Å². The Morgan fingerprint density at radius 1 is 1.15 bits per heavy atom. The van der Waals surface area contributed by atoms with Gasteiger partial charge in [0.2, 0.25) is 0 Å². The third-order valence-electron chi connectivity index (χ3n) is 3.24. The summed E-state index contributed by atoms with van der Waals surface area (Å²) in [5, 5.41) is 3.15. The Kier molecular flexibility index (Phi) is 4.89. The van der Waals surface area contributed by atoms with Gasteiger partial charge in [0.25, 0.3) is 0 Å². The number of nitrogens with one attached hydrogen (secondary N) is 1. The second-order valence-corrected chi connectivity index (χ2v) is 5.69. The SMILES string of the molecule is Cc1ccc(CNC(C)c2c(F)cccc2F)c(Br)c1. The Labute approximate surface area is 126 Å². The van der Waals surface area contributed by atoms with Crippen LogP contribution < -0.4 is 5.32 Å². The fraction of sp³-hybridized carbons (Fsp3) is 0.250. The van der Waals surface area contributed by atoms with E-state index in [0.717, 1.165) is 15.6 Å². The van der Waals surface area contributed by atoms with Crippen molar-refractivity contribution in [2.45, 2.75) is 26.4 Å². The van der Waals surface area contributed by atoms with Crippen molar-refractivity contribution in [2.75, 3.05) is 0 Å². The molecule has 2 aromatic carbocycles. The van der Waals surface area contributed by atoms with Gasteiger partial charge in [-0.15, -0.1) is 0 Å². The molecule has 0 saturated carbocycles. The molecule has 0 amide bonds. The minimum Gasteiger partial charge on any atom is -0.306 e. The summed E-state index contributed by atoms with van der Waals surface area (Å²) < 4.78 is 28.3. The maximum absolute atomic E-state index is 13.7. The van der Waals surface area contributed by atoms with Crippen molar-refractivity contribution < 1.29 is 8.78 Å². The number of rotatable bonds is 4. The molecule has 1 atom stereocenters. The maximum atomic E-state index is 13.7. The summed E-state index contributed by atoms with van der Waals surface area (Å²) in [6.07, 6.45) is 0. The quantitative estimate of drug-likeness (QED) is 0.836. The third-order valence-corrected chi connectivity index (χ3v) is 3.98. The predicted octanol–water partition coefficient (Wildman–Crippen LogP) is 4.89. The van der Waals surface area contributed by atoms with E-state index < -0.39 is 17.7 Å². The van der Waals surface area contributed by atoms with E-state index >= 15 is 0 Å². The third kappa shape index (κ3) is 3.44. The van der Waals surface area contributed by atoms with Crippen molar-refractivity contribution in [3.63, 3.8) is 0 Å². The molecule has 0 bridgehead atoms. The van der Waals surface area contributed by atoms with E-state index in [2.05, 4.69) is 21.2 Å². The lowest BCUT2D eigenvalue weighted by Crippen LogP contribution is -2.20. The second-order valence-electron chi connectivity index (χ2n) is 4.83. The summed E-state index contributed by atoms with van der Waals surface area (Å²) in [5.41, 5.74) is 2.30. The number of hydrogen-bond donors (Lipinski definition) is 1. The lowest BCUT2D eigenvalue weighted by atomic mass is 10.1. The van der Waals surface area contributed by atoms with Gasteiger partial charge in [-0.1, -0.05) is 34.1 Å². The van der Waals surface area contributed by atoms with Crippen LogP contribution in [0.2, 0.25) is 0 Å². The van der Waals surface area contributed by atoms with Gasteiger partial charge in [0, 0.05) is 22.6 Å². The molecule has 1 nitrogen and oxygen atoms in total. The summed E-state index contributed by atoms with van der Waals surface area (Å²) in [6.45, 7) is 4.30. The molecule has 4 heteroatoms. The highest BCUT2D eigenvalue weighted by Crippen LogP contribution is 2.22. The highest BCUT2D eigenvalue weighted by Gasteiger charge is 2.15. The molecule has 106 valence electrons. The van der Waals surface area contributed by atoms with Crippen LogP contribution in [0.25, 0.3) is 0 Å². The van der Waals surface area contributed by atoms with Crippen LogP contribution in [-0.2, 0) is 6.54 Å². The summed E-state index contributed by atoms with van der Waals surface area (Å²) in [6, 6.07) is 9.55. The molecule has 0 spiro atoms. The molecule has 0 aliphatic rings. The molecule has 1 unspecified atom stereocenters. The standard InChI is InChI=1S/C16H16BrF2N/c1-10-6-7-12(13(17)8-10)9-20-11(2)16-14(18)4-3-5-15(16)19/h3-8,11,20H,9H2,1-2H3. The van der Waals surface area contributed by atoms with E-state index in [4.69, 9.17) is 0 Å². The highest BCUT2D eigenvalue weighted by atomic mass is 79.9. The Bertz CT molecular complexity index is 593. The van der Waals surface area contributed by atoms with E-state index in [1.54, 1.807) is 6.92 Å². The van der Waals surface area contributed by atoms with Gasteiger partial charge in [-0.2, -0.15) is 0 Å². The molecular formula is C16H16BrF2N. The second kappa shape index (κ2) is 6.46. The lowest BCUT2D eigenvalue weighted by molar-refractivity contribution is 0.487. The van der Waals surface area contributed by atoms with Crippen LogP contribution in [0.4, 0.5) is 8.78 Å². The average Bonchev–Trinajstić information content (AvgIpc) is 2.37. The molecule has 0 aromatic heterocycles. The number of benzene rings is 2. The average molecular weight is 340 g/mol. The van der Waals surface area contributed by atoms with Crippen LogP contribution >= 0.6 is 15.9 Å². The van der Waals surface area contributed by atoms with E-state index in [1.165, 1.54) is 18.2 Å². The molecule has 1 N–H and O–H groups in total. The molecule has 0 saturated heterocycles. The van der Waals surface area contributed by atoms with Crippen LogP contribution in [0.15, 0.2) is 40.9 Å². The minimum atomic E-state index is -0.520. The number of halogens is 3. The normalized spacial score (nSPS) is 12.4. The summed E-state index contributed by atoms with van der Waals surface area (Å²) in [5.74, 6) is -1.04. The monoisotopic (exact) mass is 339 g/mol. The first kappa shape index (κ1) is 15.1. The van der Waals surface area contributed by atoms with Gasteiger partial charge < -0.3 is 5.32 Å². The van der Waals surface area contributed by atoms with Gasteiger partial charge in [0.1, 0.15) is 11.6 Å². The smallest absolute Gasteiger partial charge is 0.130 e. The minimum absolute atomic E-state index is 0.0794. The molecular weight excluding hydrogens is 324 g/mol. The zero-order valence-corrected chi connectivity index (χ0v) is 13.0. The van der Waals surface area contributed by atoms with Crippen molar-refractivity contribution in [3.05, 3.63) is 69.2 Å². The van der Waals surface area contributed by atoms with Gasteiger partial charge in [-0.3, -0.25) is 0 Å². The van der Waals surface area contributed by atoms with Crippen molar-refractivity contribution >= 4 is 15.9 Å².